The lowest BCUT2D eigenvalue weighted by atomic mass is 10.1. The standard InChI is InChI=1S/C27H32N2O5S/c1-19-6-13-26(33-4)25(16-19)29(35(5,31)32)18-22-8-10-23(11-9-22)27(30)28-14-15-34-24-12-7-20(2)21(3)17-24/h6-13,16-17H,14-15,18H2,1-5H3,(H,28,30). The fourth-order valence-electron chi connectivity index (χ4n) is 3.54. The maximum atomic E-state index is 12.6. The average molecular weight is 497 g/mol. The number of aryl methyl sites for hydroxylation is 3. The Bertz CT molecular complexity index is 1290. The highest BCUT2D eigenvalue weighted by Gasteiger charge is 2.22. The van der Waals surface area contributed by atoms with Crippen molar-refractivity contribution < 1.29 is 22.7 Å². The molecule has 0 fully saturated rings. The van der Waals surface area contributed by atoms with Crippen LogP contribution in [0.3, 0.4) is 0 Å². The SMILES string of the molecule is COc1ccc(C)cc1N(Cc1ccc(C(=O)NCCOc2ccc(C)c(C)c2)cc1)S(C)(=O)=O. The van der Waals surface area contributed by atoms with Crippen LogP contribution in [0.2, 0.25) is 0 Å². The summed E-state index contributed by atoms with van der Waals surface area (Å²) in [4.78, 5) is 12.5. The number of carbonyl (C=O) groups is 1. The van der Waals surface area contributed by atoms with Crippen LogP contribution >= 0.6 is 0 Å². The van der Waals surface area contributed by atoms with Gasteiger partial charge in [0, 0.05) is 5.56 Å². The van der Waals surface area contributed by atoms with Crippen LogP contribution < -0.4 is 19.1 Å². The van der Waals surface area contributed by atoms with Gasteiger partial charge in [-0.2, -0.15) is 0 Å². The van der Waals surface area contributed by atoms with E-state index in [1.165, 1.54) is 17.0 Å². The summed E-state index contributed by atoms with van der Waals surface area (Å²) in [7, 11) is -2.07. The Balaban J connectivity index is 1.62. The second kappa shape index (κ2) is 11.3. The molecule has 0 saturated carbocycles. The summed E-state index contributed by atoms with van der Waals surface area (Å²) in [5, 5.41) is 2.84. The molecule has 35 heavy (non-hydrogen) atoms. The van der Waals surface area contributed by atoms with Crippen molar-refractivity contribution in [1.82, 2.24) is 5.32 Å². The van der Waals surface area contributed by atoms with E-state index in [-0.39, 0.29) is 12.5 Å². The summed E-state index contributed by atoms with van der Waals surface area (Å²) in [6.07, 6.45) is 1.16. The number of methoxy groups -OCH3 is 1. The third kappa shape index (κ3) is 6.99. The van der Waals surface area contributed by atoms with Gasteiger partial charge in [0.2, 0.25) is 10.0 Å². The quantitative estimate of drug-likeness (QED) is 0.421. The van der Waals surface area contributed by atoms with Gasteiger partial charge in [-0.1, -0.05) is 24.3 Å². The summed E-state index contributed by atoms with van der Waals surface area (Å²) < 4.78 is 37.5. The number of nitrogens with zero attached hydrogens (tertiary/aromatic N) is 1. The van der Waals surface area contributed by atoms with Crippen LogP contribution in [0.5, 0.6) is 11.5 Å². The zero-order chi connectivity index (χ0) is 25.6. The molecule has 0 saturated heterocycles. The van der Waals surface area contributed by atoms with Gasteiger partial charge in [-0.25, -0.2) is 8.42 Å². The number of nitrogens with one attached hydrogen (secondary N) is 1. The topological polar surface area (TPSA) is 84.9 Å². The van der Waals surface area contributed by atoms with Gasteiger partial charge < -0.3 is 14.8 Å². The van der Waals surface area contributed by atoms with Crippen molar-refractivity contribution in [3.05, 3.63) is 88.5 Å². The summed E-state index contributed by atoms with van der Waals surface area (Å²) >= 11 is 0. The predicted octanol–water partition coefficient (Wildman–Crippen LogP) is 4.40. The molecule has 3 aromatic rings. The fraction of sp³-hybridized carbons (Fsp3) is 0.296. The second-order valence-electron chi connectivity index (χ2n) is 8.49. The molecule has 0 spiro atoms. The van der Waals surface area contributed by atoms with E-state index in [0.717, 1.165) is 28.7 Å². The van der Waals surface area contributed by atoms with Crippen LogP contribution in [0.1, 0.15) is 32.6 Å². The molecule has 186 valence electrons. The lowest BCUT2D eigenvalue weighted by Crippen LogP contribution is -2.30. The van der Waals surface area contributed by atoms with E-state index < -0.39 is 10.0 Å². The lowest BCUT2D eigenvalue weighted by molar-refractivity contribution is 0.0947. The van der Waals surface area contributed by atoms with E-state index in [1.54, 1.807) is 36.4 Å². The molecule has 0 atom stereocenters. The molecule has 1 N–H and O–H groups in total. The molecule has 0 aliphatic heterocycles. The van der Waals surface area contributed by atoms with Gasteiger partial charge in [-0.05, 0) is 79.4 Å². The molecule has 0 heterocycles. The number of carbonyl (C=O) groups excluding carboxylic acids is 1. The van der Waals surface area contributed by atoms with Gasteiger partial charge in [-0.3, -0.25) is 9.10 Å². The van der Waals surface area contributed by atoms with E-state index >= 15 is 0 Å². The van der Waals surface area contributed by atoms with Gasteiger partial charge in [0.05, 0.1) is 32.1 Å². The number of rotatable bonds is 10. The molecule has 7 nitrogen and oxygen atoms in total. The Morgan fingerprint density at radius 3 is 2.29 bits per heavy atom. The number of hydrogen-bond acceptors (Lipinski definition) is 5. The zero-order valence-electron chi connectivity index (χ0n) is 20.8. The highest BCUT2D eigenvalue weighted by atomic mass is 32.2. The minimum Gasteiger partial charge on any atom is -0.495 e. The molecule has 0 bridgehead atoms. The number of anilines is 1. The van der Waals surface area contributed by atoms with Gasteiger partial charge in [0.15, 0.2) is 0 Å². The number of hydrogen-bond donors (Lipinski definition) is 1. The fourth-order valence-corrected chi connectivity index (χ4v) is 4.43. The van der Waals surface area contributed by atoms with Crippen molar-refractivity contribution in [3.8, 4) is 11.5 Å². The van der Waals surface area contributed by atoms with Crippen LogP contribution in [0.25, 0.3) is 0 Å². The maximum absolute atomic E-state index is 12.6. The van der Waals surface area contributed by atoms with Crippen LogP contribution in [0.4, 0.5) is 5.69 Å². The van der Waals surface area contributed by atoms with Crippen molar-refractivity contribution in [1.29, 1.82) is 0 Å². The molecular formula is C27H32N2O5S. The van der Waals surface area contributed by atoms with Crippen molar-refractivity contribution in [3.63, 3.8) is 0 Å². The van der Waals surface area contributed by atoms with Crippen molar-refractivity contribution in [2.24, 2.45) is 0 Å². The van der Waals surface area contributed by atoms with Crippen LogP contribution in [0.15, 0.2) is 60.7 Å². The first kappa shape index (κ1) is 26.1. The number of sulfonamides is 1. The molecular weight excluding hydrogens is 464 g/mol. The summed E-state index contributed by atoms with van der Waals surface area (Å²) in [5.41, 5.74) is 4.98. The van der Waals surface area contributed by atoms with Gasteiger partial charge in [-0.15, -0.1) is 0 Å². The van der Waals surface area contributed by atoms with Gasteiger partial charge >= 0.3 is 0 Å². The predicted molar refractivity (Wildman–Crippen MR) is 139 cm³/mol. The van der Waals surface area contributed by atoms with Crippen molar-refractivity contribution in [2.75, 3.05) is 30.8 Å². The summed E-state index contributed by atoms with van der Waals surface area (Å²) in [6, 6.07) is 18.2. The van der Waals surface area contributed by atoms with E-state index in [4.69, 9.17) is 9.47 Å². The van der Waals surface area contributed by atoms with E-state index in [1.807, 2.05) is 45.0 Å². The summed E-state index contributed by atoms with van der Waals surface area (Å²) in [5.74, 6) is 1.02. The Morgan fingerprint density at radius 1 is 0.943 bits per heavy atom. The molecule has 0 unspecified atom stereocenters. The first-order chi connectivity index (χ1) is 16.6. The average Bonchev–Trinajstić information content (AvgIpc) is 2.82. The molecule has 3 aromatic carbocycles. The number of ether oxygens (including phenoxy) is 2. The monoisotopic (exact) mass is 496 g/mol. The van der Waals surface area contributed by atoms with Crippen molar-refractivity contribution >= 4 is 21.6 Å². The van der Waals surface area contributed by atoms with E-state index in [0.29, 0.717) is 30.2 Å². The largest absolute Gasteiger partial charge is 0.495 e. The molecule has 8 heteroatoms. The first-order valence-corrected chi connectivity index (χ1v) is 13.1. The third-order valence-corrected chi connectivity index (χ3v) is 6.81. The minimum atomic E-state index is -3.57. The molecule has 0 aliphatic carbocycles. The Kier molecular flexibility index (Phi) is 8.40. The van der Waals surface area contributed by atoms with E-state index in [9.17, 15) is 13.2 Å². The Labute approximate surface area is 207 Å². The Morgan fingerprint density at radius 2 is 1.66 bits per heavy atom. The van der Waals surface area contributed by atoms with E-state index in [2.05, 4.69) is 5.32 Å². The zero-order valence-corrected chi connectivity index (χ0v) is 21.6. The normalized spacial score (nSPS) is 11.1. The molecule has 0 radical (unpaired) electrons. The smallest absolute Gasteiger partial charge is 0.251 e. The number of amides is 1. The minimum absolute atomic E-state index is 0.115. The highest BCUT2D eigenvalue weighted by Crippen LogP contribution is 2.32. The summed E-state index contributed by atoms with van der Waals surface area (Å²) in [6.45, 7) is 6.80. The molecule has 0 aromatic heterocycles. The molecule has 0 aliphatic rings. The van der Waals surface area contributed by atoms with Crippen molar-refractivity contribution in [2.45, 2.75) is 27.3 Å². The lowest BCUT2D eigenvalue weighted by Gasteiger charge is -2.25. The third-order valence-electron chi connectivity index (χ3n) is 5.68. The number of benzene rings is 3. The molecule has 1 amide bonds. The highest BCUT2D eigenvalue weighted by molar-refractivity contribution is 7.92. The molecule has 3 rings (SSSR count). The first-order valence-electron chi connectivity index (χ1n) is 11.3. The van der Waals surface area contributed by atoms with Crippen LogP contribution in [-0.2, 0) is 16.6 Å². The van der Waals surface area contributed by atoms with Crippen LogP contribution in [-0.4, -0.2) is 40.8 Å². The van der Waals surface area contributed by atoms with Gasteiger partial charge in [0.1, 0.15) is 18.1 Å². The van der Waals surface area contributed by atoms with Gasteiger partial charge in [0.25, 0.3) is 5.91 Å². The Hall–Kier alpha value is -3.52. The van der Waals surface area contributed by atoms with Crippen LogP contribution in [0, 0.1) is 20.8 Å². The second-order valence-corrected chi connectivity index (χ2v) is 10.4. The maximum Gasteiger partial charge on any atom is 0.251 e.